The molecule has 2 aromatic rings. The Morgan fingerprint density at radius 2 is 1.74 bits per heavy atom. The van der Waals surface area contributed by atoms with E-state index in [1.165, 1.54) is 37.7 Å². The Bertz CT molecular complexity index is 658. The van der Waals surface area contributed by atoms with Crippen LogP contribution in [0.3, 0.4) is 0 Å². The van der Waals surface area contributed by atoms with Gasteiger partial charge in [-0.05, 0) is 41.7 Å². The molecular formula is C20H24N2O. The molecule has 23 heavy (non-hydrogen) atoms. The minimum atomic E-state index is -0.389. The van der Waals surface area contributed by atoms with Gasteiger partial charge in [-0.25, -0.2) is 0 Å². The number of amides is 1. The summed E-state index contributed by atoms with van der Waals surface area (Å²) in [5.74, 6) is -0.389. The summed E-state index contributed by atoms with van der Waals surface area (Å²) in [6.45, 7) is 0.923. The topological polar surface area (TPSA) is 55.1 Å². The third-order valence-electron chi connectivity index (χ3n) is 4.63. The van der Waals surface area contributed by atoms with Gasteiger partial charge < -0.3 is 11.1 Å². The molecule has 3 rings (SSSR count). The maximum Gasteiger partial charge on any atom is 0.248 e. The van der Waals surface area contributed by atoms with Gasteiger partial charge in [0.2, 0.25) is 5.91 Å². The van der Waals surface area contributed by atoms with E-state index in [1.807, 2.05) is 18.2 Å². The first-order valence-corrected chi connectivity index (χ1v) is 8.45. The van der Waals surface area contributed by atoms with Crippen molar-refractivity contribution in [3.05, 3.63) is 59.7 Å². The number of carbonyl (C=O) groups excluding carboxylic acids is 1. The SMILES string of the molecule is NC(=O)c1cccc(-c2ccc(CNC3CCCCC3)cc2)c1. The number of hydrogen-bond acceptors (Lipinski definition) is 2. The number of nitrogens with one attached hydrogen (secondary N) is 1. The Kier molecular flexibility index (Phi) is 5.09. The fraction of sp³-hybridized carbons (Fsp3) is 0.350. The van der Waals surface area contributed by atoms with Gasteiger partial charge in [0.1, 0.15) is 0 Å². The lowest BCUT2D eigenvalue weighted by Gasteiger charge is -2.22. The molecule has 0 bridgehead atoms. The first kappa shape index (κ1) is 15.8. The molecule has 1 aliphatic rings. The maximum absolute atomic E-state index is 11.3. The normalized spacial score (nSPS) is 15.5. The highest BCUT2D eigenvalue weighted by Crippen LogP contribution is 2.22. The zero-order chi connectivity index (χ0) is 16.1. The predicted octanol–water partition coefficient (Wildman–Crippen LogP) is 3.87. The quantitative estimate of drug-likeness (QED) is 0.881. The van der Waals surface area contributed by atoms with Crippen LogP contribution in [0.15, 0.2) is 48.5 Å². The summed E-state index contributed by atoms with van der Waals surface area (Å²) in [6.07, 6.45) is 6.70. The van der Waals surface area contributed by atoms with Gasteiger partial charge in [-0.15, -0.1) is 0 Å². The first-order chi connectivity index (χ1) is 11.2. The zero-order valence-electron chi connectivity index (χ0n) is 13.4. The lowest BCUT2D eigenvalue weighted by atomic mass is 9.95. The van der Waals surface area contributed by atoms with Crippen molar-refractivity contribution < 1.29 is 4.79 Å². The highest BCUT2D eigenvalue weighted by atomic mass is 16.1. The number of carbonyl (C=O) groups is 1. The van der Waals surface area contributed by atoms with E-state index in [9.17, 15) is 4.79 Å². The van der Waals surface area contributed by atoms with E-state index in [1.54, 1.807) is 6.07 Å². The van der Waals surface area contributed by atoms with Crippen LogP contribution in [0.5, 0.6) is 0 Å². The summed E-state index contributed by atoms with van der Waals surface area (Å²) in [7, 11) is 0. The molecule has 0 saturated heterocycles. The molecule has 1 amide bonds. The second-order valence-corrected chi connectivity index (χ2v) is 6.36. The Morgan fingerprint density at radius 3 is 2.43 bits per heavy atom. The van der Waals surface area contributed by atoms with Crippen LogP contribution in [-0.2, 0) is 6.54 Å². The third kappa shape index (κ3) is 4.20. The number of benzene rings is 2. The molecule has 2 aromatic carbocycles. The lowest BCUT2D eigenvalue weighted by molar-refractivity contribution is 0.100. The van der Waals surface area contributed by atoms with Gasteiger partial charge >= 0.3 is 0 Å². The van der Waals surface area contributed by atoms with Crippen LogP contribution in [0.1, 0.15) is 48.0 Å². The molecule has 0 unspecified atom stereocenters. The van der Waals surface area contributed by atoms with E-state index < -0.39 is 0 Å². The largest absolute Gasteiger partial charge is 0.366 e. The number of rotatable bonds is 5. The van der Waals surface area contributed by atoms with Crippen molar-refractivity contribution in [2.75, 3.05) is 0 Å². The Balaban J connectivity index is 1.64. The zero-order valence-corrected chi connectivity index (χ0v) is 13.4. The summed E-state index contributed by atoms with van der Waals surface area (Å²) >= 11 is 0. The Morgan fingerprint density at radius 1 is 1.00 bits per heavy atom. The van der Waals surface area contributed by atoms with Crippen molar-refractivity contribution in [2.45, 2.75) is 44.7 Å². The highest BCUT2D eigenvalue weighted by molar-refractivity contribution is 5.94. The van der Waals surface area contributed by atoms with Crippen molar-refractivity contribution in [3.8, 4) is 11.1 Å². The molecule has 1 aliphatic carbocycles. The van der Waals surface area contributed by atoms with E-state index in [0.29, 0.717) is 11.6 Å². The molecule has 1 saturated carbocycles. The van der Waals surface area contributed by atoms with Crippen LogP contribution in [-0.4, -0.2) is 11.9 Å². The maximum atomic E-state index is 11.3. The van der Waals surface area contributed by atoms with Gasteiger partial charge in [-0.2, -0.15) is 0 Å². The minimum Gasteiger partial charge on any atom is -0.366 e. The molecule has 0 aliphatic heterocycles. The summed E-state index contributed by atoms with van der Waals surface area (Å²) in [4.78, 5) is 11.3. The van der Waals surface area contributed by atoms with Crippen LogP contribution in [0.25, 0.3) is 11.1 Å². The second kappa shape index (κ2) is 7.42. The van der Waals surface area contributed by atoms with Crippen LogP contribution >= 0.6 is 0 Å². The van der Waals surface area contributed by atoms with Crippen LogP contribution in [0.4, 0.5) is 0 Å². The van der Waals surface area contributed by atoms with Crippen LogP contribution < -0.4 is 11.1 Å². The Hall–Kier alpha value is -2.13. The average molecular weight is 308 g/mol. The second-order valence-electron chi connectivity index (χ2n) is 6.36. The van der Waals surface area contributed by atoms with Gasteiger partial charge in [0, 0.05) is 18.2 Å². The summed E-state index contributed by atoms with van der Waals surface area (Å²) < 4.78 is 0. The molecular weight excluding hydrogens is 284 g/mol. The molecule has 0 spiro atoms. The minimum absolute atomic E-state index is 0.389. The van der Waals surface area contributed by atoms with E-state index >= 15 is 0 Å². The molecule has 0 atom stereocenters. The standard InChI is InChI=1S/C20H24N2O/c21-20(23)18-6-4-5-17(13-18)16-11-9-15(10-12-16)14-22-19-7-2-1-3-8-19/h4-6,9-13,19,22H,1-3,7-8,14H2,(H2,21,23). The van der Waals surface area contributed by atoms with Crippen LogP contribution in [0.2, 0.25) is 0 Å². The number of hydrogen-bond donors (Lipinski definition) is 2. The molecule has 0 aromatic heterocycles. The van der Waals surface area contributed by atoms with Crippen molar-refractivity contribution in [2.24, 2.45) is 5.73 Å². The molecule has 1 fully saturated rings. The average Bonchev–Trinajstić information content (AvgIpc) is 2.61. The number of primary amides is 1. The lowest BCUT2D eigenvalue weighted by Crippen LogP contribution is -2.30. The van der Waals surface area contributed by atoms with E-state index in [4.69, 9.17) is 5.73 Å². The molecule has 0 radical (unpaired) electrons. The van der Waals surface area contributed by atoms with Crippen molar-refractivity contribution in [1.82, 2.24) is 5.32 Å². The highest BCUT2D eigenvalue weighted by Gasteiger charge is 2.12. The van der Waals surface area contributed by atoms with Gasteiger partial charge in [0.25, 0.3) is 0 Å². The van der Waals surface area contributed by atoms with E-state index in [-0.39, 0.29) is 5.91 Å². The molecule has 3 nitrogen and oxygen atoms in total. The van der Waals surface area contributed by atoms with E-state index in [2.05, 4.69) is 29.6 Å². The molecule has 3 N–H and O–H groups in total. The molecule has 120 valence electrons. The Labute approximate surface area is 137 Å². The van der Waals surface area contributed by atoms with Gasteiger partial charge in [0.05, 0.1) is 0 Å². The summed E-state index contributed by atoms with van der Waals surface area (Å²) in [5.41, 5.74) is 9.32. The fourth-order valence-electron chi connectivity index (χ4n) is 3.24. The summed E-state index contributed by atoms with van der Waals surface area (Å²) in [6, 6.07) is 16.7. The first-order valence-electron chi connectivity index (χ1n) is 8.45. The monoisotopic (exact) mass is 308 g/mol. The van der Waals surface area contributed by atoms with Crippen molar-refractivity contribution >= 4 is 5.91 Å². The third-order valence-corrected chi connectivity index (χ3v) is 4.63. The van der Waals surface area contributed by atoms with Crippen LogP contribution in [0, 0.1) is 0 Å². The predicted molar refractivity (Wildman–Crippen MR) is 94.1 cm³/mol. The summed E-state index contributed by atoms with van der Waals surface area (Å²) in [5, 5.41) is 3.66. The molecule has 0 heterocycles. The van der Waals surface area contributed by atoms with Gasteiger partial charge in [-0.3, -0.25) is 4.79 Å². The fourth-order valence-corrected chi connectivity index (χ4v) is 3.24. The van der Waals surface area contributed by atoms with Gasteiger partial charge in [0.15, 0.2) is 0 Å². The smallest absolute Gasteiger partial charge is 0.248 e. The van der Waals surface area contributed by atoms with Crippen molar-refractivity contribution in [3.63, 3.8) is 0 Å². The van der Waals surface area contributed by atoms with E-state index in [0.717, 1.165) is 17.7 Å². The number of nitrogens with two attached hydrogens (primary N) is 1. The van der Waals surface area contributed by atoms with Gasteiger partial charge in [-0.1, -0.05) is 55.7 Å². The molecule has 3 heteroatoms. The van der Waals surface area contributed by atoms with Crippen molar-refractivity contribution in [1.29, 1.82) is 0 Å².